The van der Waals surface area contributed by atoms with Crippen molar-refractivity contribution in [2.75, 3.05) is 20.3 Å². The van der Waals surface area contributed by atoms with Crippen molar-refractivity contribution < 1.29 is 19.1 Å². The van der Waals surface area contributed by atoms with E-state index in [2.05, 4.69) is 13.0 Å². The van der Waals surface area contributed by atoms with E-state index in [4.69, 9.17) is 14.6 Å². The van der Waals surface area contributed by atoms with Gasteiger partial charge in [0.2, 0.25) is 0 Å². The first-order valence-electron chi connectivity index (χ1n) is 13.0. The number of ether oxygens (including phenoxy) is 2. The summed E-state index contributed by atoms with van der Waals surface area (Å²) in [6.07, 6.45) is 5.01. The first-order chi connectivity index (χ1) is 18.8. The van der Waals surface area contributed by atoms with Crippen molar-refractivity contribution in [3.05, 3.63) is 82.1 Å². The van der Waals surface area contributed by atoms with Crippen LogP contribution >= 0.6 is 0 Å². The van der Waals surface area contributed by atoms with Gasteiger partial charge in [-0.05, 0) is 74.2 Å². The lowest BCUT2D eigenvalue weighted by Crippen LogP contribution is -2.43. The Morgan fingerprint density at radius 3 is 2.67 bits per heavy atom. The maximum Gasteiger partial charge on any atom is 0.271 e. The van der Waals surface area contributed by atoms with E-state index in [1.165, 1.54) is 0 Å². The number of hydrogen-bond acceptors (Lipinski definition) is 6. The van der Waals surface area contributed by atoms with Gasteiger partial charge in [-0.25, -0.2) is 4.68 Å². The summed E-state index contributed by atoms with van der Waals surface area (Å²) in [5.41, 5.74) is 5.94. The van der Waals surface area contributed by atoms with Crippen LogP contribution in [0.25, 0.3) is 23.0 Å². The molecule has 2 amide bonds. The van der Waals surface area contributed by atoms with Gasteiger partial charge in [-0.15, -0.1) is 0 Å². The van der Waals surface area contributed by atoms with Gasteiger partial charge in [0.1, 0.15) is 23.5 Å². The Morgan fingerprint density at radius 2 is 1.95 bits per heavy atom. The highest BCUT2D eigenvalue weighted by Gasteiger charge is 2.35. The van der Waals surface area contributed by atoms with Crippen LogP contribution < -0.4 is 4.74 Å². The standard InChI is InChI=1S/C31H30N4O4/c1-19-13-22(15-23-14-20(2)39-29(19)23)28-24(18-35(33-28)25-9-6-5-7-10-25)16-26-21(3)27(17-32)31(37)34(30(26)36)11-8-12-38-4/h5-7,9-10,13,15-16,18,20H,8,11-12,14H2,1-4H3/b26-16+. The average molecular weight is 523 g/mol. The third kappa shape index (κ3) is 4.89. The summed E-state index contributed by atoms with van der Waals surface area (Å²) in [7, 11) is 1.56. The maximum atomic E-state index is 13.6. The number of nitrogens with zero attached hydrogens (tertiary/aromatic N) is 4. The van der Waals surface area contributed by atoms with E-state index in [0.717, 1.165) is 39.4 Å². The van der Waals surface area contributed by atoms with Crippen LogP contribution in [0.15, 0.2) is 65.4 Å². The van der Waals surface area contributed by atoms with E-state index in [0.29, 0.717) is 35.4 Å². The summed E-state index contributed by atoms with van der Waals surface area (Å²) in [5, 5.41) is 14.7. The van der Waals surface area contributed by atoms with Gasteiger partial charge in [0.05, 0.1) is 11.4 Å². The molecule has 1 aromatic heterocycles. The molecule has 3 aromatic rings. The van der Waals surface area contributed by atoms with Crippen LogP contribution in [0.3, 0.4) is 0 Å². The monoisotopic (exact) mass is 522 g/mol. The maximum absolute atomic E-state index is 13.6. The molecular formula is C31H30N4O4. The summed E-state index contributed by atoms with van der Waals surface area (Å²) >= 11 is 0. The molecule has 0 saturated heterocycles. The zero-order valence-corrected chi connectivity index (χ0v) is 22.5. The average Bonchev–Trinajstić information content (AvgIpc) is 3.52. The summed E-state index contributed by atoms with van der Waals surface area (Å²) in [5.74, 6) is -0.0889. The number of fused-ring (bicyclic) bond motifs is 1. The van der Waals surface area contributed by atoms with Gasteiger partial charge >= 0.3 is 0 Å². The molecule has 0 N–H and O–H groups in total. The minimum atomic E-state index is -0.572. The number of benzene rings is 2. The summed E-state index contributed by atoms with van der Waals surface area (Å²) < 4.78 is 12.9. The van der Waals surface area contributed by atoms with Crippen molar-refractivity contribution in [3.63, 3.8) is 0 Å². The Morgan fingerprint density at radius 1 is 1.18 bits per heavy atom. The predicted octanol–water partition coefficient (Wildman–Crippen LogP) is 4.80. The third-order valence-corrected chi connectivity index (χ3v) is 7.07. The van der Waals surface area contributed by atoms with Crippen LogP contribution in [0.1, 0.15) is 37.0 Å². The molecule has 8 nitrogen and oxygen atoms in total. The lowest BCUT2D eigenvalue weighted by Gasteiger charge is -2.27. The van der Waals surface area contributed by atoms with Gasteiger partial charge in [0.15, 0.2) is 0 Å². The Bertz CT molecular complexity index is 1560. The normalized spacial score (nSPS) is 18.0. The van der Waals surface area contributed by atoms with Crippen LogP contribution in [-0.4, -0.2) is 52.9 Å². The predicted molar refractivity (Wildman–Crippen MR) is 147 cm³/mol. The number of aryl methyl sites for hydroxylation is 1. The number of aromatic nitrogens is 2. The molecule has 3 heterocycles. The highest BCUT2D eigenvalue weighted by atomic mass is 16.5. The van der Waals surface area contributed by atoms with Crippen LogP contribution in [-0.2, 0) is 20.7 Å². The highest BCUT2D eigenvalue weighted by Crippen LogP contribution is 2.38. The lowest BCUT2D eigenvalue weighted by molar-refractivity contribution is -0.140. The molecule has 0 fully saturated rings. The van der Waals surface area contributed by atoms with Gasteiger partial charge in [0.25, 0.3) is 11.8 Å². The molecule has 198 valence electrons. The molecule has 1 atom stereocenters. The van der Waals surface area contributed by atoms with Gasteiger partial charge in [-0.1, -0.05) is 18.2 Å². The number of para-hydroxylation sites is 1. The first kappa shape index (κ1) is 26.1. The lowest BCUT2D eigenvalue weighted by atomic mass is 9.92. The fraction of sp³-hybridized carbons (Fsp3) is 0.290. The number of hydrogen-bond donors (Lipinski definition) is 0. The largest absolute Gasteiger partial charge is 0.490 e. The minimum Gasteiger partial charge on any atom is -0.490 e. The number of amides is 2. The molecule has 2 aromatic carbocycles. The first-order valence-corrected chi connectivity index (χ1v) is 13.0. The molecule has 0 saturated carbocycles. The third-order valence-electron chi connectivity index (χ3n) is 7.07. The van der Waals surface area contributed by atoms with Crippen LogP contribution in [0.4, 0.5) is 0 Å². The molecule has 5 rings (SSSR count). The van der Waals surface area contributed by atoms with Gasteiger partial charge < -0.3 is 9.47 Å². The second-order valence-electron chi connectivity index (χ2n) is 9.91. The van der Waals surface area contributed by atoms with E-state index < -0.39 is 11.8 Å². The van der Waals surface area contributed by atoms with Crippen molar-refractivity contribution in [1.82, 2.24) is 14.7 Å². The van der Waals surface area contributed by atoms with E-state index in [1.54, 1.807) is 24.8 Å². The molecule has 0 spiro atoms. The van der Waals surface area contributed by atoms with Crippen molar-refractivity contribution in [2.24, 2.45) is 0 Å². The second-order valence-corrected chi connectivity index (χ2v) is 9.91. The Hall–Kier alpha value is -4.48. The summed E-state index contributed by atoms with van der Waals surface area (Å²) in [6.45, 7) is 6.28. The van der Waals surface area contributed by atoms with Crippen LogP contribution in [0, 0.1) is 18.3 Å². The van der Waals surface area contributed by atoms with Crippen LogP contribution in [0.2, 0.25) is 0 Å². The summed E-state index contributed by atoms with van der Waals surface area (Å²) in [6, 6.07) is 15.9. The van der Waals surface area contributed by atoms with Crippen LogP contribution in [0.5, 0.6) is 5.75 Å². The Kier molecular flexibility index (Phi) is 7.18. The van der Waals surface area contributed by atoms with Gasteiger partial charge in [-0.2, -0.15) is 10.4 Å². The van der Waals surface area contributed by atoms with E-state index in [-0.39, 0.29) is 18.2 Å². The number of carbonyl (C=O) groups is 2. The molecule has 2 aliphatic heterocycles. The van der Waals surface area contributed by atoms with Crippen molar-refractivity contribution in [3.8, 4) is 28.8 Å². The molecule has 39 heavy (non-hydrogen) atoms. The fourth-order valence-corrected chi connectivity index (χ4v) is 5.14. The zero-order valence-electron chi connectivity index (χ0n) is 22.5. The smallest absolute Gasteiger partial charge is 0.271 e. The second kappa shape index (κ2) is 10.7. The number of nitriles is 1. The van der Waals surface area contributed by atoms with Crippen molar-refractivity contribution >= 4 is 17.9 Å². The Labute approximate surface area is 227 Å². The molecule has 8 heteroatoms. The number of rotatable bonds is 7. The van der Waals surface area contributed by atoms with Crippen molar-refractivity contribution in [2.45, 2.75) is 39.7 Å². The topological polar surface area (TPSA) is 97.5 Å². The molecule has 0 bridgehead atoms. The molecule has 0 aliphatic carbocycles. The number of imide groups is 1. The summed E-state index contributed by atoms with van der Waals surface area (Å²) in [4.78, 5) is 27.7. The van der Waals surface area contributed by atoms with Gasteiger partial charge in [-0.3, -0.25) is 14.5 Å². The van der Waals surface area contributed by atoms with E-state index in [1.807, 2.05) is 55.6 Å². The minimum absolute atomic E-state index is 0.0326. The molecule has 0 radical (unpaired) electrons. The van der Waals surface area contributed by atoms with Gasteiger partial charge in [0, 0.05) is 49.6 Å². The fourth-order valence-electron chi connectivity index (χ4n) is 5.14. The molecule has 2 aliphatic rings. The quantitative estimate of drug-likeness (QED) is 0.251. The van der Waals surface area contributed by atoms with E-state index in [9.17, 15) is 14.9 Å². The van der Waals surface area contributed by atoms with Crippen molar-refractivity contribution in [1.29, 1.82) is 5.26 Å². The molecular weight excluding hydrogens is 492 g/mol. The highest BCUT2D eigenvalue weighted by molar-refractivity contribution is 6.19. The SMILES string of the molecule is COCCCN1C(=O)C(C#N)=C(C)/C(=C\c2cn(-c3ccccc3)nc2-c2cc(C)c3c(c2)CC(C)O3)C1=O. The molecule has 1 unspecified atom stereocenters. The number of carbonyl (C=O) groups excluding carboxylic acids is 2. The Balaban J connectivity index is 1.66. The van der Waals surface area contributed by atoms with E-state index >= 15 is 0 Å². The zero-order chi connectivity index (χ0) is 27.7. The number of methoxy groups -OCH3 is 1.